The van der Waals surface area contributed by atoms with Gasteiger partial charge < -0.3 is 20.5 Å². The number of fused-ring (bicyclic) bond motifs is 1. The Balaban J connectivity index is 1.49. The number of morpholine rings is 1. The lowest BCUT2D eigenvalue weighted by Gasteiger charge is -2.26. The summed E-state index contributed by atoms with van der Waals surface area (Å²) in [6.45, 7) is 8.64. The maximum Gasteiger partial charge on any atom is 0.164 e. The summed E-state index contributed by atoms with van der Waals surface area (Å²) in [5.41, 5.74) is 9.10. The maximum atomic E-state index is 14.1. The van der Waals surface area contributed by atoms with E-state index in [0.29, 0.717) is 23.8 Å². The van der Waals surface area contributed by atoms with Crippen molar-refractivity contribution in [3.63, 3.8) is 0 Å². The number of rotatable bonds is 9. The largest absolute Gasteiger partial charge is 0.492 e. The summed E-state index contributed by atoms with van der Waals surface area (Å²) in [5, 5.41) is 7.73. The highest BCUT2D eigenvalue weighted by Crippen LogP contribution is 2.29. The molecule has 0 spiro atoms. The van der Waals surface area contributed by atoms with Gasteiger partial charge in [-0.15, -0.1) is 0 Å². The molecule has 1 aliphatic heterocycles. The van der Waals surface area contributed by atoms with Crippen LogP contribution in [0.15, 0.2) is 42.9 Å². The Bertz CT molecular complexity index is 1110. The third-order valence-electron chi connectivity index (χ3n) is 5.87. The summed E-state index contributed by atoms with van der Waals surface area (Å²) in [5.74, 6) is 1.02. The van der Waals surface area contributed by atoms with Gasteiger partial charge in [-0.05, 0) is 49.4 Å². The fraction of sp³-hybridized carbons (Fsp3) is 0.417. The molecule has 1 saturated heterocycles. The molecule has 2 aromatic heterocycles. The van der Waals surface area contributed by atoms with Crippen LogP contribution in [0.1, 0.15) is 37.4 Å². The van der Waals surface area contributed by atoms with E-state index in [1.54, 1.807) is 23.0 Å². The fourth-order valence-electron chi connectivity index (χ4n) is 3.97. The summed E-state index contributed by atoms with van der Waals surface area (Å²) < 4.78 is 27.2. The molecule has 9 heteroatoms. The molecule has 8 nitrogen and oxygen atoms in total. The predicted octanol–water partition coefficient (Wildman–Crippen LogP) is 3.46. The first-order valence-electron chi connectivity index (χ1n) is 11.3. The first kappa shape index (κ1) is 23.0. The Morgan fingerprint density at radius 3 is 2.91 bits per heavy atom. The van der Waals surface area contributed by atoms with Gasteiger partial charge in [0.2, 0.25) is 0 Å². The Morgan fingerprint density at radius 2 is 2.15 bits per heavy atom. The molecule has 0 amide bonds. The second-order valence-electron chi connectivity index (χ2n) is 8.04. The van der Waals surface area contributed by atoms with Gasteiger partial charge in [0.05, 0.1) is 25.5 Å². The van der Waals surface area contributed by atoms with E-state index in [1.807, 2.05) is 26.1 Å². The van der Waals surface area contributed by atoms with Crippen LogP contribution in [0.2, 0.25) is 0 Å². The lowest BCUT2D eigenvalue weighted by Crippen LogP contribution is -2.38. The number of nitrogens with one attached hydrogen (secondary N) is 1. The molecule has 1 aromatic carbocycles. The second kappa shape index (κ2) is 10.6. The number of nitrogens with zero attached hydrogens (tertiary/aromatic N) is 4. The highest BCUT2D eigenvalue weighted by atomic mass is 19.1. The highest BCUT2D eigenvalue weighted by Gasteiger charge is 2.16. The number of ether oxygens (including phenoxy) is 2. The Hall–Kier alpha value is -3.17. The Morgan fingerprint density at radius 1 is 1.33 bits per heavy atom. The highest BCUT2D eigenvalue weighted by molar-refractivity contribution is 5.75. The molecule has 0 saturated carbocycles. The van der Waals surface area contributed by atoms with E-state index in [9.17, 15) is 4.39 Å². The van der Waals surface area contributed by atoms with Gasteiger partial charge in [-0.25, -0.2) is 13.9 Å². The van der Waals surface area contributed by atoms with Crippen LogP contribution in [0.3, 0.4) is 0 Å². The summed E-state index contributed by atoms with van der Waals surface area (Å²) in [6.07, 6.45) is 5.98. The fourth-order valence-corrected chi connectivity index (χ4v) is 3.97. The molecule has 4 rings (SSSR count). The zero-order chi connectivity index (χ0) is 23.2. The van der Waals surface area contributed by atoms with Crippen molar-refractivity contribution in [3.05, 3.63) is 59.8 Å². The molecular formula is C24H31FN6O2. The quantitative estimate of drug-likeness (QED) is 0.512. The second-order valence-corrected chi connectivity index (χ2v) is 8.04. The molecule has 3 heterocycles. The van der Waals surface area contributed by atoms with Gasteiger partial charge in [0.25, 0.3) is 0 Å². The molecule has 33 heavy (non-hydrogen) atoms. The standard InChI is InChI=1S/C24H31FN6O2/c1-3-18(15-26)21-16-27-31-7-6-23(29-24(21)31)28-17(2)20-14-19(25)4-5-22(20)33-13-10-30-8-11-32-12-9-30/h4-7,14-17H,3,8-13,26H2,1-2H3,(H,28,29)/b18-15+. The predicted molar refractivity (Wildman–Crippen MR) is 127 cm³/mol. The molecule has 1 fully saturated rings. The van der Waals surface area contributed by atoms with Crippen molar-refractivity contribution in [2.75, 3.05) is 44.8 Å². The van der Waals surface area contributed by atoms with E-state index in [1.165, 1.54) is 12.1 Å². The van der Waals surface area contributed by atoms with Gasteiger partial charge in [-0.1, -0.05) is 6.92 Å². The SMILES string of the molecule is CC/C(=C\N)c1cnn2ccc(NC(C)c3cc(F)ccc3OCCN3CCOCC3)nc12. The van der Waals surface area contributed by atoms with Crippen LogP contribution < -0.4 is 15.8 Å². The van der Waals surface area contributed by atoms with Crippen LogP contribution >= 0.6 is 0 Å². The van der Waals surface area contributed by atoms with Crippen molar-refractivity contribution in [3.8, 4) is 5.75 Å². The van der Waals surface area contributed by atoms with Gasteiger partial charge in [-0.3, -0.25) is 4.90 Å². The average Bonchev–Trinajstić information content (AvgIpc) is 3.24. The first-order chi connectivity index (χ1) is 16.1. The molecule has 1 unspecified atom stereocenters. The van der Waals surface area contributed by atoms with Crippen molar-refractivity contribution in [2.45, 2.75) is 26.3 Å². The smallest absolute Gasteiger partial charge is 0.164 e. The van der Waals surface area contributed by atoms with Gasteiger partial charge in [-0.2, -0.15) is 5.10 Å². The van der Waals surface area contributed by atoms with Gasteiger partial charge in [0.1, 0.15) is 24.0 Å². The molecule has 0 aliphatic carbocycles. The lowest BCUT2D eigenvalue weighted by molar-refractivity contribution is 0.0322. The number of hydrogen-bond donors (Lipinski definition) is 2. The van der Waals surface area contributed by atoms with Crippen LogP contribution in [-0.4, -0.2) is 59.0 Å². The number of anilines is 1. The van der Waals surface area contributed by atoms with Crippen molar-refractivity contribution in [1.29, 1.82) is 0 Å². The van der Waals surface area contributed by atoms with Crippen LogP contribution in [0, 0.1) is 5.82 Å². The van der Waals surface area contributed by atoms with Crippen molar-refractivity contribution < 1.29 is 13.9 Å². The minimum absolute atomic E-state index is 0.226. The lowest BCUT2D eigenvalue weighted by atomic mass is 10.1. The molecule has 3 N–H and O–H groups in total. The minimum atomic E-state index is -0.304. The normalized spacial score (nSPS) is 16.2. The number of hydrogen-bond acceptors (Lipinski definition) is 7. The van der Waals surface area contributed by atoms with Crippen molar-refractivity contribution >= 4 is 17.0 Å². The Labute approximate surface area is 193 Å². The molecule has 3 aromatic rings. The zero-order valence-electron chi connectivity index (χ0n) is 19.1. The van der Waals surface area contributed by atoms with E-state index in [-0.39, 0.29) is 11.9 Å². The number of halogens is 1. The molecule has 1 atom stereocenters. The van der Waals surface area contributed by atoms with E-state index < -0.39 is 0 Å². The van der Waals surface area contributed by atoms with E-state index in [0.717, 1.165) is 56.0 Å². The summed E-state index contributed by atoms with van der Waals surface area (Å²) in [7, 11) is 0. The molecular weight excluding hydrogens is 423 g/mol. The van der Waals surface area contributed by atoms with Crippen LogP contribution in [0.25, 0.3) is 11.2 Å². The van der Waals surface area contributed by atoms with Gasteiger partial charge >= 0.3 is 0 Å². The minimum Gasteiger partial charge on any atom is -0.492 e. The third kappa shape index (κ3) is 5.43. The van der Waals surface area contributed by atoms with E-state index >= 15 is 0 Å². The third-order valence-corrected chi connectivity index (χ3v) is 5.87. The maximum absolute atomic E-state index is 14.1. The summed E-state index contributed by atoms with van der Waals surface area (Å²) in [4.78, 5) is 7.04. The first-order valence-corrected chi connectivity index (χ1v) is 11.3. The zero-order valence-corrected chi connectivity index (χ0v) is 19.1. The number of benzene rings is 1. The number of allylic oxidation sites excluding steroid dienone is 1. The van der Waals surface area contributed by atoms with Crippen LogP contribution in [0.4, 0.5) is 10.2 Å². The monoisotopic (exact) mass is 454 g/mol. The number of nitrogens with two attached hydrogens (primary N) is 1. The molecule has 1 aliphatic rings. The number of aromatic nitrogens is 3. The Kier molecular flexibility index (Phi) is 7.41. The van der Waals surface area contributed by atoms with Crippen molar-refractivity contribution in [2.24, 2.45) is 5.73 Å². The van der Waals surface area contributed by atoms with Crippen LogP contribution in [0.5, 0.6) is 5.75 Å². The van der Waals surface area contributed by atoms with E-state index in [4.69, 9.17) is 20.2 Å². The van der Waals surface area contributed by atoms with E-state index in [2.05, 4.69) is 15.3 Å². The molecule has 0 bridgehead atoms. The van der Waals surface area contributed by atoms with Gasteiger partial charge in [0.15, 0.2) is 5.65 Å². The topological polar surface area (TPSA) is 89.9 Å². The molecule has 0 radical (unpaired) electrons. The summed E-state index contributed by atoms with van der Waals surface area (Å²) >= 11 is 0. The van der Waals surface area contributed by atoms with Crippen molar-refractivity contribution in [1.82, 2.24) is 19.5 Å². The van der Waals surface area contributed by atoms with Crippen LogP contribution in [-0.2, 0) is 4.74 Å². The molecule has 176 valence electrons. The average molecular weight is 455 g/mol. The van der Waals surface area contributed by atoms with Gasteiger partial charge in [0, 0.05) is 37.0 Å². The summed E-state index contributed by atoms with van der Waals surface area (Å²) in [6, 6.07) is 6.24.